The second kappa shape index (κ2) is 10.1. The first kappa shape index (κ1) is 21.6. The number of aromatic nitrogens is 3. The number of hydrogen-bond donors (Lipinski definition) is 2. The van der Waals surface area contributed by atoms with Crippen molar-refractivity contribution in [3.05, 3.63) is 66.4 Å². The highest BCUT2D eigenvalue weighted by atomic mass is 19.1. The molecule has 3 heterocycles. The van der Waals surface area contributed by atoms with Gasteiger partial charge in [0, 0.05) is 38.1 Å². The predicted octanol–water partition coefficient (Wildman–Crippen LogP) is 2.75. The lowest BCUT2D eigenvalue weighted by atomic mass is 10.3. The van der Waals surface area contributed by atoms with Crippen molar-refractivity contribution in [2.45, 2.75) is 25.9 Å². The van der Waals surface area contributed by atoms with E-state index < -0.39 is 0 Å². The first-order chi connectivity index (χ1) is 15.7. The Morgan fingerprint density at radius 1 is 1.25 bits per heavy atom. The summed E-state index contributed by atoms with van der Waals surface area (Å²) in [6.07, 6.45) is 4.42. The zero-order valence-corrected chi connectivity index (χ0v) is 18.3. The minimum Gasteiger partial charge on any atom is -0.497 e. The number of guanidine groups is 1. The smallest absolute Gasteiger partial charge is 0.191 e. The summed E-state index contributed by atoms with van der Waals surface area (Å²) in [5, 5.41) is 11.4. The average Bonchev–Trinajstić information content (AvgIpc) is 3.48. The molecule has 0 aliphatic carbocycles. The molecule has 3 aromatic rings. The molecule has 0 radical (unpaired) electrons. The standard InChI is InChI=1S/C23H28FN7O/c1-3-25-23(28-18-10-13-30(16-18)22-21(24)5-4-12-26-22)27-15-17-11-14-31(29-17)19-6-8-20(32-2)9-7-19/h4-9,11-12,14,18H,3,10,13,15-16H2,1-2H3,(H2,25,27,28). The lowest BCUT2D eigenvalue weighted by Crippen LogP contribution is -2.44. The van der Waals surface area contributed by atoms with Gasteiger partial charge in [0.05, 0.1) is 25.0 Å². The molecule has 2 N–H and O–H groups in total. The SMILES string of the molecule is CCNC(=NCc1ccn(-c2ccc(OC)cc2)n1)NC1CCN(c2ncccc2F)C1. The van der Waals surface area contributed by atoms with Crippen LogP contribution >= 0.6 is 0 Å². The highest BCUT2D eigenvalue weighted by molar-refractivity contribution is 5.80. The quantitative estimate of drug-likeness (QED) is 0.437. The second-order valence-electron chi connectivity index (χ2n) is 7.53. The van der Waals surface area contributed by atoms with Gasteiger partial charge in [-0.3, -0.25) is 0 Å². The number of halogens is 1. The highest BCUT2D eigenvalue weighted by Gasteiger charge is 2.25. The Balaban J connectivity index is 1.37. The van der Waals surface area contributed by atoms with Crippen LogP contribution in [0.5, 0.6) is 5.75 Å². The molecule has 1 saturated heterocycles. The van der Waals surface area contributed by atoms with Gasteiger partial charge in [-0.25, -0.2) is 19.0 Å². The summed E-state index contributed by atoms with van der Waals surface area (Å²) in [5.41, 5.74) is 1.82. The highest BCUT2D eigenvalue weighted by Crippen LogP contribution is 2.20. The van der Waals surface area contributed by atoms with Crippen LogP contribution in [0.15, 0.2) is 59.9 Å². The van der Waals surface area contributed by atoms with Crippen molar-refractivity contribution in [2.75, 3.05) is 31.6 Å². The van der Waals surface area contributed by atoms with Gasteiger partial charge >= 0.3 is 0 Å². The monoisotopic (exact) mass is 437 g/mol. The maximum Gasteiger partial charge on any atom is 0.191 e. The molecule has 2 aromatic heterocycles. The van der Waals surface area contributed by atoms with Crippen molar-refractivity contribution in [1.29, 1.82) is 0 Å². The van der Waals surface area contributed by atoms with Gasteiger partial charge in [-0.05, 0) is 55.8 Å². The van der Waals surface area contributed by atoms with Crippen LogP contribution in [0.4, 0.5) is 10.2 Å². The minimum atomic E-state index is -0.291. The zero-order valence-electron chi connectivity index (χ0n) is 18.3. The van der Waals surface area contributed by atoms with E-state index in [0.29, 0.717) is 18.9 Å². The Morgan fingerprint density at radius 3 is 2.84 bits per heavy atom. The van der Waals surface area contributed by atoms with E-state index in [9.17, 15) is 4.39 Å². The van der Waals surface area contributed by atoms with E-state index in [2.05, 4.69) is 25.7 Å². The third kappa shape index (κ3) is 5.16. The van der Waals surface area contributed by atoms with Crippen LogP contribution in [-0.4, -0.2) is 53.5 Å². The number of hydrogen-bond acceptors (Lipinski definition) is 5. The first-order valence-corrected chi connectivity index (χ1v) is 10.8. The van der Waals surface area contributed by atoms with Gasteiger partial charge in [0.15, 0.2) is 17.6 Å². The van der Waals surface area contributed by atoms with E-state index in [-0.39, 0.29) is 11.9 Å². The molecule has 0 bridgehead atoms. The molecule has 1 aliphatic heterocycles. The predicted molar refractivity (Wildman–Crippen MR) is 123 cm³/mol. The molecule has 4 rings (SSSR count). The van der Waals surface area contributed by atoms with E-state index in [1.54, 1.807) is 19.4 Å². The third-order valence-electron chi connectivity index (χ3n) is 5.29. The maximum atomic E-state index is 14.0. The molecule has 0 saturated carbocycles. The van der Waals surface area contributed by atoms with Gasteiger partial charge in [0.25, 0.3) is 0 Å². The number of anilines is 1. The molecule has 0 spiro atoms. The van der Waals surface area contributed by atoms with Crippen LogP contribution in [-0.2, 0) is 6.54 Å². The van der Waals surface area contributed by atoms with Gasteiger partial charge in [-0.15, -0.1) is 0 Å². The molecule has 1 atom stereocenters. The van der Waals surface area contributed by atoms with Crippen molar-refractivity contribution in [1.82, 2.24) is 25.4 Å². The second-order valence-corrected chi connectivity index (χ2v) is 7.53. The van der Waals surface area contributed by atoms with Crippen molar-refractivity contribution >= 4 is 11.8 Å². The number of rotatable bonds is 7. The first-order valence-electron chi connectivity index (χ1n) is 10.8. The largest absolute Gasteiger partial charge is 0.497 e. The summed E-state index contributed by atoms with van der Waals surface area (Å²) in [6.45, 7) is 4.64. The summed E-state index contributed by atoms with van der Waals surface area (Å²) in [4.78, 5) is 10.8. The summed E-state index contributed by atoms with van der Waals surface area (Å²) in [6, 6.07) is 12.9. The number of pyridine rings is 1. The van der Waals surface area contributed by atoms with Gasteiger partial charge in [-0.1, -0.05) is 0 Å². The summed E-state index contributed by atoms with van der Waals surface area (Å²) in [5.74, 6) is 1.65. The Bertz CT molecular complexity index is 1050. The van der Waals surface area contributed by atoms with Crippen molar-refractivity contribution in [2.24, 2.45) is 4.99 Å². The summed E-state index contributed by atoms with van der Waals surface area (Å²) < 4.78 is 21.1. The average molecular weight is 438 g/mol. The fraction of sp³-hybridized carbons (Fsp3) is 0.348. The molecule has 0 amide bonds. The molecule has 168 valence electrons. The number of nitrogens with one attached hydrogen (secondary N) is 2. The van der Waals surface area contributed by atoms with Crippen LogP contribution in [0.3, 0.4) is 0 Å². The lowest BCUT2D eigenvalue weighted by molar-refractivity contribution is 0.414. The fourth-order valence-electron chi connectivity index (χ4n) is 3.68. The fourth-order valence-corrected chi connectivity index (χ4v) is 3.68. The van der Waals surface area contributed by atoms with Crippen LogP contribution in [0.1, 0.15) is 19.0 Å². The normalized spacial score (nSPS) is 16.3. The molecular weight excluding hydrogens is 409 g/mol. The Labute approximate surface area is 187 Å². The van der Waals surface area contributed by atoms with Gasteiger partial charge in [0.2, 0.25) is 0 Å². The number of benzene rings is 1. The Morgan fingerprint density at radius 2 is 2.09 bits per heavy atom. The summed E-state index contributed by atoms with van der Waals surface area (Å²) >= 11 is 0. The van der Waals surface area contributed by atoms with E-state index in [0.717, 1.165) is 42.6 Å². The number of methoxy groups -OCH3 is 1. The zero-order chi connectivity index (χ0) is 22.3. The lowest BCUT2D eigenvalue weighted by Gasteiger charge is -2.19. The molecular formula is C23H28FN7O. The van der Waals surface area contributed by atoms with Crippen LogP contribution in [0, 0.1) is 5.82 Å². The van der Waals surface area contributed by atoms with E-state index >= 15 is 0 Å². The van der Waals surface area contributed by atoms with Crippen molar-refractivity contribution < 1.29 is 9.13 Å². The topological polar surface area (TPSA) is 79.6 Å². The molecule has 32 heavy (non-hydrogen) atoms. The molecule has 8 nitrogen and oxygen atoms in total. The molecule has 1 aromatic carbocycles. The van der Waals surface area contributed by atoms with Crippen LogP contribution in [0.2, 0.25) is 0 Å². The summed E-state index contributed by atoms with van der Waals surface area (Å²) in [7, 11) is 1.65. The van der Waals surface area contributed by atoms with Gasteiger partial charge in [0.1, 0.15) is 5.75 Å². The number of nitrogens with zero attached hydrogens (tertiary/aromatic N) is 5. The van der Waals surface area contributed by atoms with Crippen molar-refractivity contribution in [3.63, 3.8) is 0 Å². The van der Waals surface area contributed by atoms with E-state index in [4.69, 9.17) is 4.74 Å². The Hall–Kier alpha value is -3.62. The number of ether oxygens (including phenoxy) is 1. The molecule has 1 unspecified atom stereocenters. The van der Waals surface area contributed by atoms with Crippen LogP contribution < -0.4 is 20.3 Å². The van der Waals surface area contributed by atoms with Gasteiger partial charge < -0.3 is 20.3 Å². The van der Waals surface area contributed by atoms with E-state index in [1.165, 1.54) is 6.07 Å². The molecule has 1 aliphatic rings. The molecule has 1 fully saturated rings. The van der Waals surface area contributed by atoms with Gasteiger partial charge in [-0.2, -0.15) is 5.10 Å². The number of aliphatic imine (C=N–C) groups is 1. The van der Waals surface area contributed by atoms with Crippen LogP contribution in [0.25, 0.3) is 5.69 Å². The van der Waals surface area contributed by atoms with Crippen molar-refractivity contribution in [3.8, 4) is 11.4 Å². The maximum absolute atomic E-state index is 14.0. The molecule has 9 heteroatoms. The minimum absolute atomic E-state index is 0.158. The Kier molecular flexibility index (Phi) is 6.84. The third-order valence-corrected chi connectivity index (χ3v) is 5.29. The van der Waals surface area contributed by atoms with E-state index in [1.807, 2.05) is 53.0 Å².